The second kappa shape index (κ2) is 9.27. The average Bonchev–Trinajstić information content (AvgIpc) is 3.37. The largest absolute Gasteiger partial charge is 0.487 e. The molecule has 8 heteroatoms. The zero-order valence-electron chi connectivity index (χ0n) is 18.3. The summed E-state index contributed by atoms with van der Waals surface area (Å²) in [7, 11) is 0. The fourth-order valence-electron chi connectivity index (χ4n) is 5.31. The molecule has 0 amide bonds. The molecule has 0 bridgehead atoms. The molecule has 2 aromatic rings. The van der Waals surface area contributed by atoms with Gasteiger partial charge in [-0.05, 0) is 87.2 Å². The number of likely N-dealkylation sites (tertiary alicyclic amines) is 1. The summed E-state index contributed by atoms with van der Waals surface area (Å²) in [5, 5.41) is 24.2. The molecule has 4 atom stereocenters. The van der Waals surface area contributed by atoms with Crippen molar-refractivity contribution in [3.8, 4) is 11.6 Å². The Bertz CT molecular complexity index is 938. The summed E-state index contributed by atoms with van der Waals surface area (Å²) in [6.07, 6.45) is 5.83. The van der Waals surface area contributed by atoms with Gasteiger partial charge in [-0.2, -0.15) is 0 Å². The van der Waals surface area contributed by atoms with Crippen LogP contribution in [0.3, 0.4) is 0 Å². The van der Waals surface area contributed by atoms with Gasteiger partial charge in [-0.15, -0.1) is 0 Å². The molecule has 174 valence electrons. The quantitative estimate of drug-likeness (QED) is 0.639. The van der Waals surface area contributed by atoms with Crippen LogP contribution in [-0.4, -0.2) is 64.7 Å². The van der Waals surface area contributed by atoms with Crippen molar-refractivity contribution in [2.45, 2.75) is 57.2 Å². The van der Waals surface area contributed by atoms with Crippen molar-refractivity contribution < 1.29 is 29.0 Å². The number of hydrogen-bond acceptors (Lipinski definition) is 7. The highest BCUT2D eigenvalue weighted by molar-refractivity contribution is 5.88. The number of carbonyl (C=O) groups is 1. The molecule has 1 aromatic carbocycles. The Morgan fingerprint density at radius 2 is 2.00 bits per heavy atom. The zero-order chi connectivity index (χ0) is 22.1. The molecule has 2 heterocycles. The number of rotatable bonds is 8. The predicted molar refractivity (Wildman–Crippen MR) is 117 cm³/mol. The van der Waals surface area contributed by atoms with Gasteiger partial charge in [0, 0.05) is 6.54 Å². The van der Waals surface area contributed by atoms with Crippen LogP contribution in [-0.2, 0) is 4.79 Å². The molecular weight excluding hydrogens is 412 g/mol. The maximum atomic E-state index is 11.2. The van der Waals surface area contributed by atoms with Crippen molar-refractivity contribution in [3.05, 3.63) is 18.2 Å². The van der Waals surface area contributed by atoms with Gasteiger partial charge in [0.15, 0.2) is 5.58 Å². The summed E-state index contributed by atoms with van der Waals surface area (Å²) < 4.78 is 17.6. The Hall–Kier alpha value is -2.32. The maximum absolute atomic E-state index is 11.2. The van der Waals surface area contributed by atoms with E-state index in [1.54, 1.807) is 0 Å². The first-order valence-electron chi connectivity index (χ1n) is 11.9. The lowest BCUT2D eigenvalue weighted by atomic mass is 9.73. The van der Waals surface area contributed by atoms with Gasteiger partial charge in [-0.3, -0.25) is 4.79 Å². The number of aromatic nitrogens is 1. The number of aliphatic hydroxyl groups is 1. The summed E-state index contributed by atoms with van der Waals surface area (Å²) in [4.78, 5) is 13.6. The van der Waals surface area contributed by atoms with Crippen molar-refractivity contribution in [1.82, 2.24) is 10.1 Å². The van der Waals surface area contributed by atoms with Gasteiger partial charge >= 0.3 is 5.97 Å². The van der Waals surface area contributed by atoms with Crippen LogP contribution in [0.1, 0.15) is 44.9 Å². The van der Waals surface area contributed by atoms with E-state index in [1.165, 1.54) is 0 Å². The molecule has 3 fully saturated rings. The van der Waals surface area contributed by atoms with Crippen LogP contribution in [0.2, 0.25) is 0 Å². The topological polar surface area (TPSA) is 105 Å². The lowest BCUT2D eigenvalue weighted by Gasteiger charge is -2.40. The number of aliphatic hydroxyl groups excluding tert-OH is 1. The van der Waals surface area contributed by atoms with Crippen molar-refractivity contribution in [2.24, 2.45) is 17.8 Å². The Labute approximate surface area is 187 Å². The Morgan fingerprint density at radius 1 is 1.16 bits per heavy atom. The maximum Gasteiger partial charge on any atom is 0.306 e. The fourth-order valence-corrected chi connectivity index (χ4v) is 5.31. The Morgan fingerprint density at radius 3 is 2.69 bits per heavy atom. The van der Waals surface area contributed by atoms with Crippen molar-refractivity contribution >= 4 is 16.9 Å². The van der Waals surface area contributed by atoms with Crippen LogP contribution < -0.4 is 9.47 Å². The van der Waals surface area contributed by atoms with Gasteiger partial charge in [-0.1, -0.05) is 6.07 Å². The number of nitrogens with zero attached hydrogens (tertiary/aromatic N) is 2. The first kappa shape index (κ1) is 21.5. The van der Waals surface area contributed by atoms with Crippen LogP contribution in [0.25, 0.3) is 11.0 Å². The average molecular weight is 445 g/mol. The monoisotopic (exact) mass is 444 g/mol. The minimum absolute atomic E-state index is 0.154. The minimum atomic E-state index is -0.643. The number of hydrogen-bond donors (Lipinski definition) is 2. The van der Waals surface area contributed by atoms with Gasteiger partial charge in [0.2, 0.25) is 0 Å². The van der Waals surface area contributed by atoms with Gasteiger partial charge in [0.25, 0.3) is 5.88 Å². The summed E-state index contributed by atoms with van der Waals surface area (Å²) in [6.45, 7) is 3.41. The SMILES string of the molecule is O=C(O)C1CCC1CN1CCC(COc2noc3cccc(OC4CCCC4O)c23)CC1. The molecule has 2 aliphatic carbocycles. The lowest BCUT2D eigenvalue weighted by molar-refractivity contribution is -0.148. The second-order valence-corrected chi connectivity index (χ2v) is 9.61. The number of aliphatic carboxylic acids is 1. The number of benzene rings is 1. The molecule has 2 saturated carbocycles. The molecule has 1 saturated heterocycles. The highest BCUT2D eigenvalue weighted by Gasteiger charge is 2.38. The van der Waals surface area contributed by atoms with Crippen molar-refractivity contribution in [1.29, 1.82) is 0 Å². The second-order valence-electron chi connectivity index (χ2n) is 9.61. The predicted octanol–water partition coefficient (Wildman–Crippen LogP) is 3.32. The standard InChI is InChI=1S/C24H32N2O6/c27-18-3-1-4-19(18)31-20-5-2-6-21-22(20)23(25-32-21)30-14-15-9-11-26(12-10-15)13-16-7-8-17(16)24(28)29/h2,5-6,15-19,27H,1,3-4,7-14H2,(H,28,29). The lowest BCUT2D eigenvalue weighted by Crippen LogP contribution is -2.44. The van der Waals surface area contributed by atoms with Crippen LogP contribution >= 0.6 is 0 Å². The fraction of sp³-hybridized carbons (Fsp3) is 0.667. The zero-order valence-corrected chi connectivity index (χ0v) is 18.3. The van der Waals surface area contributed by atoms with E-state index >= 15 is 0 Å². The highest BCUT2D eigenvalue weighted by atomic mass is 16.5. The summed E-state index contributed by atoms with van der Waals surface area (Å²) >= 11 is 0. The van der Waals surface area contributed by atoms with E-state index in [4.69, 9.17) is 14.0 Å². The van der Waals surface area contributed by atoms with Crippen molar-refractivity contribution in [2.75, 3.05) is 26.2 Å². The molecule has 1 aliphatic heterocycles. The molecule has 2 N–H and O–H groups in total. The van der Waals surface area contributed by atoms with Crippen molar-refractivity contribution in [3.63, 3.8) is 0 Å². The summed E-state index contributed by atoms with van der Waals surface area (Å²) in [5.74, 6) is 1.03. The molecule has 1 aromatic heterocycles. The van der Waals surface area contributed by atoms with Crippen LogP contribution in [0.15, 0.2) is 22.7 Å². The Balaban J connectivity index is 1.15. The van der Waals surface area contributed by atoms with E-state index in [-0.39, 0.29) is 12.0 Å². The third-order valence-electron chi connectivity index (χ3n) is 7.52. The third kappa shape index (κ3) is 4.43. The first-order chi connectivity index (χ1) is 15.6. The van der Waals surface area contributed by atoms with Gasteiger partial charge in [0.1, 0.15) is 17.2 Å². The first-order valence-corrected chi connectivity index (χ1v) is 11.9. The van der Waals surface area contributed by atoms with E-state index < -0.39 is 12.1 Å². The van der Waals surface area contributed by atoms with E-state index in [2.05, 4.69) is 10.1 Å². The molecule has 0 radical (unpaired) electrons. The number of carboxylic acids is 1. The van der Waals surface area contributed by atoms with Crippen LogP contribution in [0.5, 0.6) is 11.6 Å². The van der Waals surface area contributed by atoms with Crippen LogP contribution in [0, 0.1) is 17.8 Å². The Kier molecular flexibility index (Phi) is 6.24. The minimum Gasteiger partial charge on any atom is -0.487 e. The molecular formula is C24H32N2O6. The molecule has 32 heavy (non-hydrogen) atoms. The molecule has 0 spiro atoms. The third-order valence-corrected chi connectivity index (χ3v) is 7.52. The van der Waals surface area contributed by atoms with Gasteiger partial charge < -0.3 is 29.1 Å². The smallest absolute Gasteiger partial charge is 0.306 e. The highest BCUT2D eigenvalue weighted by Crippen LogP contribution is 2.37. The molecule has 3 aliphatic rings. The van der Waals surface area contributed by atoms with Crippen LogP contribution in [0.4, 0.5) is 0 Å². The molecule has 8 nitrogen and oxygen atoms in total. The summed E-state index contributed by atoms with van der Waals surface area (Å²) in [6, 6.07) is 5.58. The number of piperidine rings is 1. The number of carboxylic acid groups (broad SMARTS) is 1. The van der Waals surface area contributed by atoms with E-state index in [1.807, 2.05) is 18.2 Å². The molecule has 5 rings (SSSR count). The summed E-state index contributed by atoms with van der Waals surface area (Å²) in [5.41, 5.74) is 0.619. The van der Waals surface area contributed by atoms with E-state index in [0.29, 0.717) is 35.7 Å². The van der Waals surface area contributed by atoms with Gasteiger partial charge in [0.05, 0.1) is 18.6 Å². The van der Waals surface area contributed by atoms with E-state index in [9.17, 15) is 15.0 Å². The van der Waals surface area contributed by atoms with E-state index in [0.717, 1.165) is 70.0 Å². The number of fused-ring (bicyclic) bond motifs is 1. The molecule has 4 unspecified atom stereocenters. The normalized spacial score (nSPS) is 29.2. The van der Waals surface area contributed by atoms with Gasteiger partial charge in [-0.25, -0.2) is 0 Å². The number of ether oxygens (including phenoxy) is 2.